The van der Waals surface area contributed by atoms with Crippen LogP contribution in [-0.2, 0) is 6.42 Å². The number of nitrogens with zero attached hydrogens (tertiary/aromatic N) is 1. The van der Waals surface area contributed by atoms with E-state index in [1.54, 1.807) is 0 Å². The average Bonchev–Trinajstić information content (AvgIpc) is 2.27. The molecule has 2 rings (SSSR count). The zero-order chi connectivity index (χ0) is 13.3. The van der Waals surface area contributed by atoms with E-state index in [0.29, 0.717) is 0 Å². The van der Waals surface area contributed by atoms with Crippen LogP contribution in [-0.4, -0.2) is 19.1 Å². The second-order valence-corrected chi connectivity index (χ2v) is 6.65. The van der Waals surface area contributed by atoms with Crippen LogP contribution in [0, 0.1) is 12.3 Å². The van der Waals surface area contributed by atoms with Crippen LogP contribution in [0.25, 0.3) is 0 Å². The van der Waals surface area contributed by atoms with Crippen molar-refractivity contribution in [3.8, 4) is 0 Å². The molecule has 0 radical (unpaired) electrons. The molecular formula is C16H26N2. The van der Waals surface area contributed by atoms with Gasteiger partial charge in [-0.3, -0.25) is 0 Å². The molecule has 0 amide bonds. The molecule has 0 aromatic heterocycles. The van der Waals surface area contributed by atoms with Gasteiger partial charge in [-0.05, 0) is 36.8 Å². The van der Waals surface area contributed by atoms with Crippen molar-refractivity contribution in [3.05, 3.63) is 29.3 Å². The molecule has 0 saturated heterocycles. The Morgan fingerprint density at radius 1 is 1.33 bits per heavy atom. The summed E-state index contributed by atoms with van der Waals surface area (Å²) in [4.78, 5) is 2.47. The van der Waals surface area contributed by atoms with Gasteiger partial charge in [0, 0.05) is 24.8 Å². The summed E-state index contributed by atoms with van der Waals surface area (Å²) in [6.45, 7) is 10.9. The van der Waals surface area contributed by atoms with Gasteiger partial charge in [0.2, 0.25) is 0 Å². The van der Waals surface area contributed by atoms with Crippen LogP contribution in [0.4, 0.5) is 5.69 Å². The molecule has 0 fully saturated rings. The van der Waals surface area contributed by atoms with E-state index in [-0.39, 0.29) is 11.5 Å². The molecule has 1 aromatic rings. The molecule has 1 heterocycles. The number of rotatable bonds is 2. The van der Waals surface area contributed by atoms with Crippen LogP contribution in [0.5, 0.6) is 0 Å². The zero-order valence-electron chi connectivity index (χ0n) is 12.2. The molecule has 18 heavy (non-hydrogen) atoms. The van der Waals surface area contributed by atoms with Crippen LogP contribution >= 0.6 is 0 Å². The van der Waals surface area contributed by atoms with Gasteiger partial charge in [0.05, 0.1) is 0 Å². The standard InChI is InChI=1S/C16H26N2/c1-12-7-8-14-13(10-12)6-5-9-18(14)11-15(17)16(2,3)4/h7-8,10,15H,5-6,9,11,17H2,1-4H3/t15-/m1/s1. The average molecular weight is 246 g/mol. The molecule has 2 nitrogen and oxygen atoms in total. The summed E-state index contributed by atoms with van der Waals surface area (Å²) in [6, 6.07) is 7.01. The van der Waals surface area contributed by atoms with Crippen LogP contribution in [0.15, 0.2) is 18.2 Å². The first kappa shape index (κ1) is 13.4. The third-order valence-corrected chi connectivity index (χ3v) is 3.98. The minimum atomic E-state index is 0.169. The molecule has 0 aliphatic carbocycles. The third-order valence-electron chi connectivity index (χ3n) is 3.98. The number of benzene rings is 1. The maximum absolute atomic E-state index is 6.33. The first-order valence-corrected chi connectivity index (χ1v) is 6.98. The van der Waals surface area contributed by atoms with Gasteiger partial charge >= 0.3 is 0 Å². The van der Waals surface area contributed by atoms with Gasteiger partial charge in [-0.25, -0.2) is 0 Å². The zero-order valence-corrected chi connectivity index (χ0v) is 12.2. The second kappa shape index (κ2) is 4.93. The molecule has 1 aliphatic rings. The number of fused-ring (bicyclic) bond motifs is 1. The van der Waals surface area contributed by atoms with Crippen LogP contribution in [0.3, 0.4) is 0 Å². The van der Waals surface area contributed by atoms with E-state index in [1.165, 1.54) is 29.7 Å². The predicted molar refractivity (Wildman–Crippen MR) is 79.1 cm³/mol. The van der Waals surface area contributed by atoms with Gasteiger partial charge < -0.3 is 10.6 Å². The van der Waals surface area contributed by atoms with Crippen molar-refractivity contribution in [2.75, 3.05) is 18.0 Å². The highest BCUT2D eigenvalue weighted by Gasteiger charge is 2.25. The molecule has 100 valence electrons. The summed E-state index contributed by atoms with van der Waals surface area (Å²) in [6.07, 6.45) is 2.45. The summed E-state index contributed by atoms with van der Waals surface area (Å²) >= 11 is 0. The SMILES string of the molecule is Cc1ccc2c(c1)CCCN2C[C@@H](N)C(C)(C)C. The van der Waals surface area contributed by atoms with Crippen LogP contribution in [0.2, 0.25) is 0 Å². The third kappa shape index (κ3) is 2.86. The van der Waals surface area contributed by atoms with E-state index >= 15 is 0 Å². The lowest BCUT2D eigenvalue weighted by Crippen LogP contribution is -2.46. The number of hydrogen-bond donors (Lipinski definition) is 1. The van der Waals surface area contributed by atoms with Gasteiger partial charge in [-0.2, -0.15) is 0 Å². The molecule has 0 bridgehead atoms. The number of aryl methyl sites for hydroxylation is 2. The van der Waals surface area contributed by atoms with Crippen LogP contribution < -0.4 is 10.6 Å². The first-order valence-electron chi connectivity index (χ1n) is 6.98. The highest BCUT2D eigenvalue weighted by Crippen LogP contribution is 2.29. The fraction of sp³-hybridized carbons (Fsp3) is 0.625. The number of nitrogens with two attached hydrogens (primary N) is 1. The Morgan fingerprint density at radius 2 is 2.06 bits per heavy atom. The molecule has 2 heteroatoms. The van der Waals surface area contributed by atoms with E-state index in [1.807, 2.05) is 0 Å². The lowest BCUT2D eigenvalue weighted by molar-refractivity contribution is 0.319. The van der Waals surface area contributed by atoms with Crippen molar-refractivity contribution in [2.45, 2.75) is 46.6 Å². The Hall–Kier alpha value is -1.02. The Bertz CT molecular complexity index is 418. The van der Waals surface area contributed by atoms with E-state index < -0.39 is 0 Å². The number of hydrogen-bond acceptors (Lipinski definition) is 2. The van der Waals surface area contributed by atoms with Gasteiger partial charge in [-0.15, -0.1) is 0 Å². The quantitative estimate of drug-likeness (QED) is 0.868. The minimum Gasteiger partial charge on any atom is -0.370 e. The predicted octanol–water partition coefficient (Wildman–Crippen LogP) is 3.12. The molecule has 2 N–H and O–H groups in total. The molecule has 0 unspecified atom stereocenters. The summed E-state index contributed by atoms with van der Waals surface area (Å²) in [5, 5.41) is 0. The lowest BCUT2D eigenvalue weighted by atomic mass is 9.86. The Kier molecular flexibility index (Phi) is 3.67. The van der Waals surface area contributed by atoms with Gasteiger partial charge in [0.25, 0.3) is 0 Å². The van der Waals surface area contributed by atoms with Crippen LogP contribution in [0.1, 0.15) is 38.3 Å². The molecular weight excluding hydrogens is 220 g/mol. The van der Waals surface area contributed by atoms with Gasteiger partial charge in [0.1, 0.15) is 0 Å². The van der Waals surface area contributed by atoms with Crippen molar-refractivity contribution >= 4 is 5.69 Å². The molecule has 1 atom stereocenters. The Morgan fingerprint density at radius 3 is 2.72 bits per heavy atom. The smallest absolute Gasteiger partial charge is 0.0399 e. The van der Waals surface area contributed by atoms with E-state index in [2.05, 4.69) is 50.8 Å². The second-order valence-electron chi connectivity index (χ2n) is 6.65. The van der Waals surface area contributed by atoms with Crippen molar-refractivity contribution < 1.29 is 0 Å². The highest BCUT2D eigenvalue weighted by molar-refractivity contribution is 5.56. The Labute approximate surface area is 111 Å². The van der Waals surface area contributed by atoms with Gasteiger partial charge in [-0.1, -0.05) is 38.5 Å². The topological polar surface area (TPSA) is 29.3 Å². The maximum atomic E-state index is 6.33. The molecule has 1 aliphatic heterocycles. The van der Waals surface area contributed by atoms with E-state index in [0.717, 1.165) is 13.1 Å². The summed E-state index contributed by atoms with van der Waals surface area (Å²) in [5.41, 5.74) is 10.7. The minimum absolute atomic E-state index is 0.169. The molecule has 0 spiro atoms. The lowest BCUT2D eigenvalue weighted by Gasteiger charge is -2.37. The van der Waals surface area contributed by atoms with Crippen molar-refractivity contribution in [2.24, 2.45) is 11.1 Å². The summed E-state index contributed by atoms with van der Waals surface area (Å²) in [5.74, 6) is 0. The fourth-order valence-electron chi connectivity index (χ4n) is 2.50. The van der Waals surface area contributed by atoms with Gasteiger partial charge in [0.15, 0.2) is 0 Å². The maximum Gasteiger partial charge on any atom is 0.0399 e. The monoisotopic (exact) mass is 246 g/mol. The van der Waals surface area contributed by atoms with Crippen molar-refractivity contribution in [3.63, 3.8) is 0 Å². The number of anilines is 1. The van der Waals surface area contributed by atoms with Crippen molar-refractivity contribution in [1.29, 1.82) is 0 Å². The summed E-state index contributed by atoms with van der Waals surface area (Å²) in [7, 11) is 0. The largest absolute Gasteiger partial charge is 0.370 e. The first-order chi connectivity index (χ1) is 8.38. The molecule has 0 saturated carbocycles. The normalized spacial score (nSPS) is 17.5. The fourth-order valence-corrected chi connectivity index (χ4v) is 2.50. The highest BCUT2D eigenvalue weighted by atomic mass is 15.1. The summed E-state index contributed by atoms with van der Waals surface area (Å²) < 4.78 is 0. The van der Waals surface area contributed by atoms with E-state index in [9.17, 15) is 0 Å². The molecule has 1 aromatic carbocycles. The van der Waals surface area contributed by atoms with E-state index in [4.69, 9.17) is 5.73 Å². The Balaban J connectivity index is 2.18. The van der Waals surface area contributed by atoms with Crippen molar-refractivity contribution in [1.82, 2.24) is 0 Å².